The van der Waals surface area contributed by atoms with E-state index in [1.807, 2.05) is 13.8 Å². The van der Waals surface area contributed by atoms with Crippen LogP contribution < -0.4 is 11.3 Å². The van der Waals surface area contributed by atoms with Gasteiger partial charge in [-0.2, -0.15) is 0 Å². The molecular formula is C6H16N2O. The number of rotatable bonds is 4. The summed E-state index contributed by atoms with van der Waals surface area (Å²) in [4.78, 5) is 0. The van der Waals surface area contributed by atoms with Gasteiger partial charge in [-0.1, -0.05) is 13.8 Å². The first kappa shape index (κ1) is 8.88. The van der Waals surface area contributed by atoms with E-state index in [2.05, 4.69) is 5.43 Å². The summed E-state index contributed by atoms with van der Waals surface area (Å²) in [7, 11) is 0. The molecular weight excluding hydrogens is 116 g/mol. The van der Waals surface area contributed by atoms with Crippen molar-refractivity contribution in [2.24, 2.45) is 5.84 Å². The van der Waals surface area contributed by atoms with Gasteiger partial charge >= 0.3 is 0 Å². The van der Waals surface area contributed by atoms with Crippen LogP contribution in [-0.2, 0) is 0 Å². The lowest BCUT2D eigenvalue weighted by Crippen LogP contribution is -2.42. The van der Waals surface area contributed by atoms with Crippen molar-refractivity contribution in [3.8, 4) is 0 Å². The van der Waals surface area contributed by atoms with Crippen LogP contribution in [0.5, 0.6) is 0 Å². The van der Waals surface area contributed by atoms with Gasteiger partial charge in [0.05, 0.1) is 5.60 Å². The molecule has 0 aromatic rings. The lowest BCUT2D eigenvalue weighted by atomic mass is 9.98. The molecule has 0 radical (unpaired) electrons. The molecule has 0 unspecified atom stereocenters. The van der Waals surface area contributed by atoms with Crippen LogP contribution in [0.3, 0.4) is 0 Å². The third-order valence-electron chi connectivity index (χ3n) is 1.75. The Hall–Kier alpha value is -0.120. The smallest absolute Gasteiger partial charge is 0.0780 e. The van der Waals surface area contributed by atoms with Crippen molar-refractivity contribution in [2.75, 3.05) is 6.54 Å². The molecule has 3 heteroatoms. The summed E-state index contributed by atoms with van der Waals surface area (Å²) in [5.41, 5.74) is 1.86. The molecule has 0 saturated heterocycles. The largest absolute Gasteiger partial charge is 0.389 e. The van der Waals surface area contributed by atoms with Crippen LogP contribution in [-0.4, -0.2) is 17.3 Å². The minimum absolute atomic E-state index is 0.472. The summed E-state index contributed by atoms with van der Waals surface area (Å²) in [6, 6.07) is 0. The fourth-order valence-electron chi connectivity index (χ4n) is 0.690. The van der Waals surface area contributed by atoms with Gasteiger partial charge in [-0.15, -0.1) is 0 Å². The van der Waals surface area contributed by atoms with Crippen LogP contribution in [0, 0.1) is 0 Å². The SMILES string of the molecule is CCC(O)(CC)CNN. The van der Waals surface area contributed by atoms with E-state index in [4.69, 9.17) is 5.84 Å². The molecule has 9 heavy (non-hydrogen) atoms. The molecule has 0 fully saturated rings. The Kier molecular flexibility index (Phi) is 3.77. The molecule has 56 valence electrons. The number of nitrogens with two attached hydrogens (primary N) is 1. The second-order valence-electron chi connectivity index (χ2n) is 2.31. The van der Waals surface area contributed by atoms with E-state index in [-0.39, 0.29) is 0 Å². The van der Waals surface area contributed by atoms with Gasteiger partial charge < -0.3 is 5.11 Å². The summed E-state index contributed by atoms with van der Waals surface area (Å²) < 4.78 is 0. The molecule has 0 bridgehead atoms. The summed E-state index contributed by atoms with van der Waals surface area (Å²) in [6.45, 7) is 4.36. The Morgan fingerprint density at radius 1 is 1.44 bits per heavy atom. The minimum atomic E-state index is -0.602. The third-order valence-corrected chi connectivity index (χ3v) is 1.75. The lowest BCUT2D eigenvalue weighted by Gasteiger charge is -2.23. The number of hydrogen-bond donors (Lipinski definition) is 3. The van der Waals surface area contributed by atoms with E-state index in [1.165, 1.54) is 0 Å². The molecule has 0 rings (SSSR count). The highest BCUT2D eigenvalue weighted by Gasteiger charge is 2.20. The minimum Gasteiger partial charge on any atom is -0.389 e. The van der Waals surface area contributed by atoms with Gasteiger partial charge in [-0.05, 0) is 12.8 Å². The predicted octanol–water partition coefficient (Wildman–Crippen LogP) is 0.000800. The Bertz CT molecular complexity index is 71.5. The normalized spacial score (nSPS) is 12.0. The number of aliphatic hydroxyl groups is 1. The molecule has 0 atom stereocenters. The maximum Gasteiger partial charge on any atom is 0.0780 e. The number of hydrazine groups is 1. The molecule has 4 N–H and O–H groups in total. The first-order valence-corrected chi connectivity index (χ1v) is 3.34. The van der Waals surface area contributed by atoms with Crippen LogP contribution in [0.15, 0.2) is 0 Å². The maximum atomic E-state index is 9.49. The summed E-state index contributed by atoms with van der Waals surface area (Å²) in [6.07, 6.45) is 1.49. The quantitative estimate of drug-likeness (QED) is 0.373. The molecule has 0 aromatic carbocycles. The van der Waals surface area contributed by atoms with E-state index in [0.717, 1.165) is 12.8 Å². The first-order valence-electron chi connectivity index (χ1n) is 3.34. The van der Waals surface area contributed by atoms with Gasteiger partial charge in [0.15, 0.2) is 0 Å². The fraction of sp³-hybridized carbons (Fsp3) is 1.00. The summed E-state index contributed by atoms with van der Waals surface area (Å²) >= 11 is 0. The van der Waals surface area contributed by atoms with Crippen LogP contribution in [0.4, 0.5) is 0 Å². The molecule has 0 aromatic heterocycles. The Morgan fingerprint density at radius 2 is 1.89 bits per heavy atom. The molecule has 0 aliphatic rings. The van der Waals surface area contributed by atoms with Crippen molar-refractivity contribution in [3.63, 3.8) is 0 Å². The zero-order valence-corrected chi connectivity index (χ0v) is 6.15. The highest BCUT2D eigenvalue weighted by molar-refractivity contribution is 4.75. The van der Waals surface area contributed by atoms with Crippen LogP contribution in [0.2, 0.25) is 0 Å². The number of nitrogens with one attached hydrogen (secondary N) is 1. The van der Waals surface area contributed by atoms with Gasteiger partial charge in [0, 0.05) is 6.54 Å². The molecule has 0 aliphatic heterocycles. The highest BCUT2D eigenvalue weighted by atomic mass is 16.3. The number of hydrogen-bond acceptors (Lipinski definition) is 3. The van der Waals surface area contributed by atoms with E-state index in [9.17, 15) is 5.11 Å². The maximum absolute atomic E-state index is 9.49. The van der Waals surface area contributed by atoms with Gasteiger partial charge in [-0.25, -0.2) is 0 Å². The van der Waals surface area contributed by atoms with Gasteiger partial charge in [0.2, 0.25) is 0 Å². The zero-order chi connectivity index (χ0) is 7.33. The molecule has 0 aliphatic carbocycles. The lowest BCUT2D eigenvalue weighted by molar-refractivity contribution is 0.0328. The van der Waals surface area contributed by atoms with Crippen molar-refractivity contribution in [1.29, 1.82) is 0 Å². The average Bonchev–Trinajstić information content (AvgIpc) is 1.89. The second kappa shape index (κ2) is 3.82. The van der Waals surface area contributed by atoms with Crippen molar-refractivity contribution in [1.82, 2.24) is 5.43 Å². The predicted molar refractivity (Wildman–Crippen MR) is 37.7 cm³/mol. The molecule has 0 saturated carbocycles. The highest BCUT2D eigenvalue weighted by Crippen LogP contribution is 2.11. The topological polar surface area (TPSA) is 58.3 Å². The molecule has 0 amide bonds. The Balaban J connectivity index is 3.62. The second-order valence-corrected chi connectivity index (χ2v) is 2.31. The first-order chi connectivity index (χ1) is 4.18. The van der Waals surface area contributed by atoms with Crippen LogP contribution >= 0.6 is 0 Å². The van der Waals surface area contributed by atoms with Crippen molar-refractivity contribution in [2.45, 2.75) is 32.3 Å². The molecule has 0 heterocycles. The Morgan fingerprint density at radius 3 is 2.00 bits per heavy atom. The fourth-order valence-corrected chi connectivity index (χ4v) is 0.690. The van der Waals surface area contributed by atoms with Crippen molar-refractivity contribution in [3.05, 3.63) is 0 Å². The summed E-state index contributed by atoms with van der Waals surface area (Å²) in [5, 5.41) is 9.49. The summed E-state index contributed by atoms with van der Waals surface area (Å²) in [5.74, 6) is 5.06. The van der Waals surface area contributed by atoms with Gasteiger partial charge in [0.1, 0.15) is 0 Å². The van der Waals surface area contributed by atoms with E-state index < -0.39 is 5.60 Å². The average molecular weight is 132 g/mol. The van der Waals surface area contributed by atoms with Crippen molar-refractivity contribution < 1.29 is 5.11 Å². The van der Waals surface area contributed by atoms with Gasteiger partial charge in [0.25, 0.3) is 0 Å². The van der Waals surface area contributed by atoms with Crippen LogP contribution in [0.25, 0.3) is 0 Å². The molecule has 0 spiro atoms. The van der Waals surface area contributed by atoms with E-state index in [0.29, 0.717) is 6.54 Å². The van der Waals surface area contributed by atoms with Crippen molar-refractivity contribution >= 4 is 0 Å². The Labute approximate surface area is 56.2 Å². The zero-order valence-electron chi connectivity index (χ0n) is 6.15. The third kappa shape index (κ3) is 2.79. The standard InChI is InChI=1S/C6H16N2O/c1-3-6(9,4-2)5-8-7/h8-9H,3-5,7H2,1-2H3. The molecule has 3 nitrogen and oxygen atoms in total. The van der Waals surface area contributed by atoms with Crippen LogP contribution in [0.1, 0.15) is 26.7 Å². The van der Waals surface area contributed by atoms with E-state index in [1.54, 1.807) is 0 Å². The van der Waals surface area contributed by atoms with E-state index >= 15 is 0 Å². The monoisotopic (exact) mass is 132 g/mol. The van der Waals surface area contributed by atoms with Gasteiger partial charge in [-0.3, -0.25) is 11.3 Å².